The predicted molar refractivity (Wildman–Crippen MR) is 156 cm³/mol. The number of aromatic nitrogens is 3. The van der Waals surface area contributed by atoms with E-state index in [0.717, 1.165) is 106 Å². The van der Waals surface area contributed by atoms with E-state index in [-0.39, 0.29) is 11.6 Å². The smallest absolute Gasteiger partial charge is 0.317 e. The summed E-state index contributed by atoms with van der Waals surface area (Å²) < 4.78 is 21.5. The van der Waals surface area contributed by atoms with Gasteiger partial charge < -0.3 is 20.3 Å². The van der Waals surface area contributed by atoms with Crippen LogP contribution in [-0.2, 0) is 11.3 Å². The van der Waals surface area contributed by atoms with Crippen molar-refractivity contribution < 1.29 is 13.9 Å². The highest BCUT2D eigenvalue weighted by Crippen LogP contribution is 2.32. The first-order valence-corrected chi connectivity index (χ1v) is 14.5. The minimum atomic E-state index is -0.492. The molecule has 2 fully saturated rings. The number of pyridine rings is 1. The van der Waals surface area contributed by atoms with E-state index in [1.165, 1.54) is 12.3 Å². The van der Waals surface area contributed by atoms with E-state index in [9.17, 15) is 9.18 Å². The third-order valence-electron chi connectivity index (χ3n) is 7.74. The van der Waals surface area contributed by atoms with Crippen molar-refractivity contribution in [3.63, 3.8) is 0 Å². The molecule has 2 amide bonds. The summed E-state index contributed by atoms with van der Waals surface area (Å²) in [5, 5.41) is 12.5. The molecule has 2 N–H and O–H groups in total. The van der Waals surface area contributed by atoms with Crippen LogP contribution in [0.15, 0.2) is 36.7 Å². The number of carbonyl (C=O) groups is 1. The van der Waals surface area contributed by atoms with Gasteiger partial charge in [0.15, 0.2) is 0 Å². The van der Waals surface area contributed by atoms with Crippen LogP contribution in [0.2, 0.25) is 0 Å². The molecule has 0 aliphatic carbocycles. The Bertz CT molecular complexity index is 1290. The van der Waals surface area contributed by atoms with Gasteiger partial charge in [0.2, 0.25) is 5.95 Å². The van der Waals surface area contributed by atoms with Gasteiger partial charge in [0.25, 0.3) is 0 Å². The van der Waals surface area contributed by atoms with E-state index in [1.807, 2.05) is 37.9 Å². The molecule has 2 aromatic heterocycles. The largest absolute Gasteiger partial charge is 0.384 e. The molecule has 4 heterocycles. The van der Waals surface area contributed by atoms with Gasteiger partial charge in [0, 0.05) is 74.7 Å². The van der Waals surface area contributed by atoms with Gasteiger partial charge in [-0.1, -0.05) is 0 Å². The highest BCUT2D eigenvalue weighted by Gasteiger charge is 2.25. The van der Waals surface area contributed by atoms with Crippen molar-refractivity contribution in [2.24, 2.45) is 5.92 Å². The number of urea groups is 1. The summed E-state index contributed by atoms with van der Waals surface area (Å²) in [5.74, 6) is -0.0345. The molecule has 0 spiro atoms. The van der Waals surface area contributed by atoms with Crippen molar-refractivity contribution in [3.8, 4) is 11.1 Å². The standard InChI is InChI=1S/C30H42FN7O2/c1-30(2,3)35-29(39)37-11-6-22(7-12-37)20-33-26-17-24(23-5-8-32-28(31)19-23)18-27-25(26)21-34-38(27)10-4-9-36-13-15-40-16-14-36/h5,8,17-19,21-22,33H,4,6-7,9-16,20H2,1-3H3,(H,35,39). The van der Waals surface area contributed by atoms with Crippen molar-refractivity contribution >= 4 is 22.6 Å². The van der Waals surface area contributed by atoms with Crippen LogP contribution in [0.3, 0.4) is 0 Å². The molecule has 0 saturated carbocycles. The number of nitrogens with one attached hydrogen (secondary N) is 2. The molecule has 0 unspecified atom stereocenters. The lowest BCUT2D eigenvalue weighted by atomic mass is 9.96. The number of hydrogen-bond acceptors (Lipinski definition) is 6. The molecule has 0 radical (unpaired) electrons. The van der Waals surface area contributed by atoms with Crippen molar-refractivity contribution in [3.05, 3.63) is 42.6 Å². The lowest BCUT2D eigenvalue weighted by Gasteiger charge is -2.34. The Morgan fingerprint density at radius 2 is 1.85 bits per heavy atom. The van der Waals surface area contributed by atoms with E-state index < -0.39 is 5.95 Å². The normalized spacial score (nSPS) is 17.4. The molecule has 0 atom stereocenters. The van der Waals surface area contributed by atoms with Gasteiger partial charge in [0.1, 0.15) is 0 Å². The molecule has 1 aromatic carbocycles. The number of anilines is 1. The molecular weight excluding hydrogens is 509 g/mol. The Morgan fingerprint density at radius 3 is 2.58 bits per heavy atom. The summed E-state index contributed by atoms with van der Waals surface area (Å²) in [5.41, 5.74) is 3.51. The third-order valence-corrected chi connectivity index (χ3v) is 7.74. The average molecular weight is 552 g/mol. The SMILES string of the molecule is CC(C)(C)NC(=O)N1CCC(CNc2cc(-c3ccnc(F)c3)cc3c2cnn3CCCN2CCOCC2)CC1. The van der Waals surface area contributed by atoms with E-state index in [4.69, 9.17) is 9.84 Å². The molecule has 5 rings (SSSR count). The van der Waals surface area contributed by atoms with E-state index in [1.54, 1.807) is 0 Å². The zero-order valence-corrected chi connectivity index (χ0v) is 24.0. The van der Waals surface area contributed by atoms with Crippen LogP contribution < -0.4 is 10.6 Å². The minimum absolute atomic E-state index is 0.0129. The van der Waals surface area contributed by atoms with Crippen molar-refractivity contribution in [1.29, 1.82) is 0 Å². The number of nitrogens with zero attached hydrogens (tertiary/aromatic N) is 5. The number of halogens is 1. The Morgan fingerprint density at radius 1 is 1.07 bits per heavy atom. The fraction of sp³-hybridized carbons (Fsp3) is 0.567. The van der Waals surface area contributed by atoms with Gasteiger partial charge in [0.05, 0.1) is 24.9 Å². The number of rotatable bonds is 8. The molecule has 10 heteroatoms. The number of amides is 2. The van der Waals surface area contributed by atoms with Crippen molar-refractivity contribution in [2.75, 3.05) is 57.8 Å². The molecule has 3 aromatic rings. The van der Waals surface area contributed by atoms with E-state index >= 15 is 0 Å². The number of hydrogen-bond donors (Lipinski definition) is 2. The van der Waals surface area contributed by atoms with Gasteiger partial charge in [-0.3, -0.25) is 9.58 Å². The summed E-state index contributed by atoms with van der Waals surface area (Å²) in [6.07, 6.45) is 6.33. The summed E-state index contributed by atoms with van der Waals surface area (Å²) >= 11 is 0. The van der Waals surface area contributed by atoms with Gasteiger partial charge in [-0.15, -0.1) is 0 Å². The summed E-state index contributed by atoms with van der Waals surface area (Å²) in [7, 11) is 0. The second kappa shape index (κ2) is 12.5. The van der Waals surface area contributed by atoms with Crippen LogP contribution in [0, 0.1) is 11.9 Å². The van der Waals surface area contributed by atoms with Crippen molar-refractivity contribution in [2.45, 2.75) is 52.1 Å². The maximum Gasteiger partial charge on any atom is 0.317 e. The molecular formula is C30H42FN7O2. The zero-order valence-electron chi connectivity index (χ0n) is 24.0. The highest BCUT2D eigenvalue weighted by atomic mass is 19.1. The molecule has 2 aliphatic rings. The summed E-state index contributed by atoms with van der Waals surface area (Å²) in [6, 6.07) is 7.51. The van der Waals surface area contributed by atoms with Crippen molar-refractivity contribution in [1.82, 2.24) is 29.9 Å². The average Bonchev–Trinajstić information content (AvgIpc) is 3.34. The Labute approximate surface area is 236 Å². The number of ether oxygens (including phenoxy) is 1. The van der Waals surface area contributed by atoms with Crippen LogP contribution >= 0.6 is 0 Å². The lowest BCUT2D eigenvalue weighted by molar-refractivity contribution is 0.0368. The first-order valence-electron chi connectivity index (χ1n) is 14.5. The Kier molecular flexibility index (Phi) is 8.85. The minimum Gasteiger partial charge on any atom is -0.384 e. The first-order chi connectivity index (χ1) is 19.2. The van der Waals surface area contributed by atoms with Crippen LogP contribution in [0.1, 0.15) is 40.0 Å². The second-order valence-corrected chi connectivity index (χ2v) is 12.0. The number of fused-ring (bicyclic) bond motifs is 1. The quantitative estimate of drug-likeness (QED) is 0.398. The topological polar surface area (TPSA) is 87.6 Å². The van der Waals surface area contributed by atoms with Crippen LogP contribution in [0.25, 0.3) is 22.0 Å². The molecule has 9 nitrogen and oxygen atoms in total. The molecule has 216 valence electrons. The van der Waals surface area contributed by atoms with Gasteiger partial charge in [-0.05, 0) is 75.3 Å². The summed E-state index contributed by atoms with van der Waals surface area (Å²) in [6.45, 7) is 13.7. The van der Waals surface area contributed by atoms with Gasteiger partial charge in [-0.25, -0.2) is 9.78 Å². The number of aryl methyl sites for hydroxylation is 1. The fourth-order valence-electron chi connectivity index (χ4n) is 5.51. The summed E-state index contributed by atoms with van der Waals surface area (Å²) in [4.78, 5) is 20.6. The first kappa shape index (κ1) is 28.3. The molecule has 2 saturated heterocycles. The third kappa shape index (κ3) is 7.28. The fourth-order valence-corrected chi connectivity index (χ4v) is 5.51. The van der Waals surface area contributed by atoms with Crippen LogP contribution in [0.5, 0.6) is 0 Å². The maximum atomic E-state index is 14.0. The molecule has 40 heavy (non-hydrogen) atoms. The second-order valence-electron chi connectivity index (χ2n) is 12.0. The van der Waals surface area contributed by atoms with Gasteiger partial charge in [-0.2, -0.15) is 9.49 Å². The lowest BCUT2D eigenvalue weighted by Crippen LogP contribution is -2.51. The Balaban J connectivity index is 1.28. The van der Waals surface area contributed by atoms with Crippen LogP contribution in [0.4, 0.5) is 14.9 Å². The number of carbonyl (C=O) groups excluding carboxylic acids is 1. The predicted octanol–water partition coefficient (Wildman–Crippen LogP) is 4.59. The highest BCUT2D eigenvalue weighted by molar-refractivity contribution is 5.95. The van der Waals surface area contributed by atoms with Gasteiger partial charge >= 0.3 is 6.03 Å². The Hall–Kier alpha value is -3.24. The zero-order chi connectivity index (χ0) is 28.1. The van der Waals surface area contributed by atoms with Crippen LogP contribution in [-0.4, -0.2) is 88.6 Å². The van der Waals surface area contributed by atoms with E-state index in [0.29, 0.717) is 5.92 Å². The number of benzene rings is 1. The van der Waals surface area contributed by atoms with E-state index in [2.05, 4.69) is 37.3 Å². The monoisotopic (exact) mass is 551 g/mol. The molecule has 2 aliphatic heterocycles. The number of piperidine rings is 1. The maximum absolute atomic E-state index is 14.0. The number of morpholine rings is 1. The number of likely N-dealkylation sites (tertiary alicyclic amines) is 1. The molecule has 0 bridgehead atoms.